The molecule has 0 fully saturated rings. The van der Waals surface area contributed by atoms with Crippen molar-refractivity contribution in [1.29, 1.82) is 0 Å². The molecule has 0 saturated heterocycles. The fourth-order valence-corrected chi connectivity index (χ4v) is 2.59. The highest BCUT2D eigenvalue weighted by Crippen LogP contribution is 2.24. The molecule has 24 heavy (non-hydrogen) atoms. The third kappa shape index (κ3) is 3.35. The second-order valence-corrected chi connectivity index (χ2v) is 6.21. The first-order chi connectivity index (χ1) is 11.3. The van der Waals surface area contributed by atoms with Crippen molar-refractivity contribution in [3.8, 4) is 0 Å². The zero-order chi connectivity index (χ0) is 18.0. The molecule has 0 bridgehead atoms. The Hall–Kier alpha value is -2.16. The summed E-state index contributed by atoms with van der Waals surface area (Å²) >= 11 is 3.46. The van der Waals surface area contributed by atoms with E-state index >= 15 is 0 Å². The molecule has 0 radical (unpaired) electrons. The Morgan fingerprint density at radius 3 is 2.50 bits per heavy atom. The number of carbonyl (C=O) groups excluding carboxylic acids is 2. The summed E-state index contributed by atoms with van der Waals surface area (Å²) in [5.41, 5.74) is 2.26. The van der Waals surface area contributed by atoms with Crippen molar-refractivity contribution in [3.63, 3.8) is 0 Å². The van der Waals surface area contributed by atoms with Gasteiger partial charge in [-0.05, 0) is 43.6 Å². The molecule has 0 spiro atoms. The molecule has 1 unspecified atom stereocenters. The predicted octanol–water partition coefficient (Wildman–Crippen LogP) is 2.04. The molecule has 2 aromatic rings. The molecule has 9 heteroatoms. The molecule has 2 aromatic heterocycles. The Bertz CT molecular complexity index is 779. The van der Waals surface area contributed by atoms with E-state index in [0.717, 1.165) is 15.9 Å². The van der Waals surface area contributed by atoms with Gasteiger partial charge in [-0.3, -0.25) is 19.0 Å². The third-order valence-corrected chi connectivity index (χ3v) is 4.92. The minimum absolute atomic E-state index is 0.189. The molecule has 0 aliphatic rings. The standard InChI is InChI=1S/C15H21BrN6O2/c1-6-21-7-11(13(20-21)15(24)17-5)18-14(23)10(4)22-9(3)12(16)8(2)19-22/h7,10H,6H2,1-5H3,(H,17,24)(H,18,23). The van der Waals surface area contributed by atoms with Crippen LogP contribution in [0.1, 0.15) is 41.8 Å². The topological polar surface area (TPSA) is 93.8 Å². The molecule has 2 heterocycles. The quantitative estimate of drug-likeness (QED) is 0.808. The number of amides is 2. The maximum atomic E-state index is 12.6. The normalized spacial score (nSPS) is 12.1. The minimum atomic E-state index is -0.530. The summed E-state index contributed by atoms with van der Waals surface area (Å²) in [7, 11) is 1.52. The Morgan fingerprint density at radius 2 is 2.00 bits per heavy atom. The molecule has 8 nitrogen and oxygen atoms in total. The maximum absolute atomic E-state index is 12.6. The van der Waals surface area contributed by atoms with Crippen molar-refractivity contribution < 1.29 is 9.59 Å². The van der Waals surface area contributed by atoms with E-state index in [1.807, 2.05) is 20.8 Å². The lowest BCUT2D eigenvalue weighted by atomic mass is 10.2. The van der Waals surface area contributed by atoms with Crippen molar-refractivity contribution >= 4 is 33.4 Å². The third-order valence-electron chi connectivity index (χ3n) is 3.77. The number of carbonyl (C=O) groups is 2. The van der Waals surface area contributed by atoms with Crippen molar-refractivity contribution in [3.05, 3.63) is 27.8 Å². The number of nitrogens with zero attached hydrogens (tertiary/aromatic N) is 4. The predicted molar refractivity (Wildman–Crippen MR) is 94.0 cm³/mol. The second-order valence-electron chi connectivity index (χ2n) is 5.42. The van der Waals surface area contributed by atoms with Crippen LogP contribution in [0, 0.1) is 13.8 Å². The van der Waals surface area contributed by atoms with Gasteiger partial charge in [-0.25, -0.2) is 0 Å². The SMILES string of the molecule is CCn1cc(NC(=O)C(C)n2nc(C)c(Br)c2C)c(C(=O)NC)n1. The first kappa shape index (κ1) is 18.2. The number of nitrogens with one attached hydrogen (secondary N) is 2. The number of halogens is 1. The monoisotopic (exact) mass is 396 g/mol. The molecular formula is C15H21BrN6O2. The van der Waals surface area contributed by atoms with Gasteiger partial charge < -0.3 is 10.6 Å². The van der Waals surface area contributed by atoms with Gasteiger partial charge in [0.25, 0.3) is 5.91 Å². The zero-order valence-electron chi connectivity index (χ0n) is 14.3. The van der Waals surface area contributed by atoms with E-state index < -0.39 is 6.04 Å². The summed E-state index contributed by atoms with van der Waals surface area (Å²) in [5, 5.41) is 13.9. The van der Waals surface area contributed by atoms with E-state index in [1.165, 1.54) is 7.05 Å². The molecule has 0 aliphatic heterocycles. The van der Waals surface area contributed by atoms with Gasteiger partial charge in [0.2, 0.25) is 5.91 Å². The summed E-state index contributed by atoms with van der Waals surface area (Å²) in [4.78, 5) is 24.5. The smallest absolute Gasteiger partial charge is 0.273 e. The number of rotatable bonds is 5. The average Bonchev–Trinajstić information content (AvgIpc) is 3.09. The fourth-order valence-electron chi connectivity index (χ4n) is 2.33. The van der Waals surface area contributed by atoms with Gasteiger partial charge in [0, 0.05) is 19.8 Å². The highest BCUT2D eigenvalue weighted by atomic mass is 79.9. The number of hydrogen-bond donors (Lipinski definition) is 2. The van der Waals surface area contributed by atoms with Gasteiger partial charge in [0.15, 0.2) is 5.69 Å². The molecular weight excluding hydrogens is 376 g/mol. The number of aromatic nitrogens is 4. The van der Waals surface area contributed by atoms with E-state index in [9.17, 15) is 9.59 Å². The van der Waals surface area contributed by atoms with Gasteiger partial charge in [-0.1, -0.05) is 0 Å². The van der Waals surface area contributed by atoms with Crippen LogP contribution in [-0.2, 0) is 11.3 Å². The fraction of sp³-hybridized carbons (Fsp3) is 0.467. The maximum Gasteiger partial charge on any atom is 0.273 e. The lowest BCUT2D eigenvalue weighted by molar-refractivity contribution is -0.119. The summed E-state index contributed by atoms with van der Waals surface area (Å²) in [5.74, 6) is -0.618. The molecule has 0 aliphatic carbocycles. The van der Waals surface area contributed by atoms with Crippen LogP contribution in [0.5, 0.6) is 0 Å². The van der Waals surface area contributed by atoms with Gasteiger partial charge >= 0.3 is 0 Å². The van der Waals surface area contributed by atoms with Crippen LogP contribution in [0.3, 0.4) is 0 Å². The molecule has 2 rings (SSSR count). The van der Waals surface area contributed by atoms with Crippen LogP contribution in [0.2, 0.25) is 0 Å². The highest BCUT2D eigenvalue weighted by molar-refractivity contribution is 9.10. The highest BCUT2D eigenvalue weighted by Gasteiger charge is 2.23. The molecule has 2 amide bonds. The molecule has 1 atom stereocenters. The van der Waals surface area contributed by atoms with E-state index in [2.05, 4.69) is 36.8 Å². The first-order valence-corrected chi connectivity index (χ1v) is 8.41. The van der Waals surface area contributed by atoms with Crippen LogP contribution >= 0.6 is 15.9 Å². The second kappa shape index (κ2) is 7.16. The summed E-state index contributed by atoms with van der Waals surface area (Å²) in [6, 6.07) is -0.530. The lowest BCUT2D eigenvalue weighted by Gasteiger charge is -2.14. The molecule has 0 saturated carbocycles. The average molecular weight is 397 g/mol. The van der Waals surface area contributed by atoms with E-state index in [0.29, 0.717) is 12.2 Å². The van der Waals surface area contributed by atoms with Crippen LogP contribution < -0.4 is 10.6 Å². The Balaban J connectivity index is 2.27. The van der Waals surface area contributed by atoms with Crippen molar-refractivity contribution in [2.45, 2.75) is 40.3 Å². The number of aryl methyl sites for hydroxylation is 2. The van der Waals surface area contributed by atoms with E-state index in [1.54, 1.807) is 22.5 Å². The van der Waals surface area contributed by atoms with Gasteiger partial charge in [0.05, 0.1) is 21.5 Å². The number of hydrogen-bond acceptors (Lipinski definition) is 4. The molecule has 0 aromatic carbocycles. The van der Waals surface area contributed by atoms with Crippen LogP contribution in [0.15, 0.2) is 10.7 Å². The lowest BCUT2D eigenvalue weighted by Crippen LogP contribution is -2.27. The van der Waals surface area contributed by atoms with Gasteiger partial charge in [-0.15, -0.1) is 0 Å². The molecule has 130 valence electrons. The van der Waals surface area contributed by atoms with E-state index in [4.69, 9.17) is 0 Å². The van der Waals surface area contributed by atoms with Crippen molar-refractivity contribution in [2.75, 3.05) is 12.4 Å². The molecule has 2 N–H and O–H groups in total. The Kier molecular flexibility index (Phi) is 5.43. The van der Waals surface area contributed by atoms with Crippen molar-refractivity contribution in [1.82, 2.24) is 24.9 Å². The summed E-state index contributed by atoms with van der Waals surface area (Å²) in [6.07, 6.45) is 1.65. The van der Waals surface area contributed by atoms with Gasteiger partial charge in [0.1, 0.15) is 6.04 Å². The van der Waals surface area contributed by atoms with Crippen molar-refractivity contribution in [2.24, 2.45) is 0 Å². The van der Waals surface area contributed by atoms with Gasteiger partial charge in [-0.2, -0.15) is 10.2 Å². The van der Waals surface area contributed by atoms with Crippen LogP contribution in [0.25, 0.3) is 0 Å². The van der Waals surface area contributed by atoms with E-state index in [-0.39, 0.29) is 17.5 Å². The van der Waals surface area contributed by atoms with Crippen LogP contribution in [-0.4, -0.2) is 38.4 Å². The largest absolute Gasteiger partial charge is 0.354 e. The Morgan fingerprint density at radius 1 is 1.33 bits per heavy atom. The zero-order valence-corrected chi connectivity index (χ0v) is 15.9. The summed E-state index contributed by atoms with van der Waals surface area (Å²) < 4.78 is 4.13. The minimum Gasteiger partial charge on any atom is -0.354 e. The number of anilines is 1. The summed E-state index contributed by atoms with van der Waals surface area (Å²) in [6.45, 7) is 8.01. The Labute approximate surface area is 148 Å². The first-order valence-electron chi connectivity index (χ1n) is 7.61. The van der Waals surface area contributed by atoms with Crippen LogP contribution in [0.4, 0.5) is 5.69 Å².